The van der Waals surface area contributed by atoms with Crippen molar-refractivity contribution in [2.45, 2.75) is 13.0 Å². The zero-order chi connectivity index (χ0) is 20.3. The van der Waals surface area contributed by atoms with Gasteiger partial charge in [0.05, 0.1) is 25.3 Å². The number of Topliss-reactive ketones (excluding diaryl/α,β-unsaturated/α-hetero) is 1. The van der Waals surface area contributed by atoms with Gasteiger partial charge in [0.15, 0.2) is 11.9 Å². The summed E-state index contributed by atoms with van der Waals surface area (Å²) in [7, 11) is 2.59. The van der Waals surface area contributed by atoms with Gasteiger partial charge in [-0.25, -0.2) is 9.59 Å². The van der Waals surface area contributed by atoms with E-state index in [1.54, 1.807) is 55.5 Å². The van der Waals surface area contributed by atoms with Gasteiger partial charge in [-0.05, 0) is 42.8 Å². The molecule has 0 aliphatic carbocycles. The lowest BCUT2D eigenvalue weighted by Crippen LogP contribution is -2.24. The van der Waals surface area contributed by atoms with E-state index in [0.29, 0.717) is 28.2 Å². The number of rotatable bonds is 5. The van der Waals surface area contributed by atoms with Crippen LogP contribution in [-0.4, -0.2) is 38.0 Å². The molecule has 0 saturated carbocycles. The van der Waals surface area contributed by atoms with Gasteiger partial charge >= 0.3 is 11.9 Å². The number of benzene rings is 2. The van der Waals surface area contributed by atoms with Crippen LogP contribution in [0, 0.1) is 0 Å². The Morgan fingerprint density at radius 2 is 1.75 bits per heavy atom. The Hall–Kier alpha value is -3.61. The van der Waals surface area contributed by atoms with E-state index in [1.165, 1.54) is 14.2 Å². The first-order valence-electron chi connectivity index (χ1n) is 8.44. The maximum atomic E-state index is 12.5. The molecule has 144 valence electrons. The third kappa shape index (κ3) is 3.88. The van der Waals surface area contributed by atoms with Crippen molar-refractivity contribution in [3.8, 4) is 11.5 Å². The molecule has 7 heteroatoms. The van der Waals surface area contributed by atoms with Crippen molar-refractivity contribution in [1.29, 1.82) is 0 Å². The summed E-state index contributed by atoms with van der Waals surface area (Å²) in [6.45, 7) is 1.56. The van der Waals surface area contributed by atoms with E-state index in [2.05, 4.69) is 9.47 Å². The second kappa shape index (κ2) is 7.96. The Labute approximate surface area is 161 Å². The highest BCUT2D eigenvalue weighted by molar-refractivity contribution is 6.14. The standard InChI is InChI=1S/C21H18O7/c1-12(20(23)25-2)27-15-8-9-16-17(11-15)28-18(19(16)22)10-13-4-6-14(7-5-13)21(24)26-3/h4-12H,1-3H3. The van der Waals surface area contributed by atoms with Crippen LogP contribution in [0.2, 0.25) is 0 Å². The molecule has 0 radical (unpaired) electrons. The van der Waals surface area contributed by atoms with E-state index in [0.717, 1.165) is 0 Å². The second-order valence-electron chi connectivity index (χ2n) is 5.99. The smallest absolute Gasteiger partial charge is 0.346 e. The van der Waals surface area contributed by atoms with Gasteiger partial charge in [0.2, 0.25) is 5.78 Å². The lowest BCUT2D eigenvalue weighted by Gasteiger charge is -2.12. The van der Waals surface area contributed by atoms with Gasteiger partial charge in [-0.3, -0.25) is 4.79 Å². The monoisotopic (exact) mass is 382 g/mol. The summed E-state index contributed by atoms with van der Waals surface area (Å²) in [5.74, 6) is -0.328. The minimum Gasteiger partial charge on any atom is -0.479 e. The number of ketones is 1. The molecule has 0 fully saturated rings. The van der Waals surface area contributed by atoms with E-state index in [1.807, 2.05) is 0 Å². The molecular formula is C21H18O7. The van der Waals surface area contributed by atoms with Crippen molar-refractivity contribution >= 4 is 23.8 Å². The fourth-order valence-electron chi connectivity index (χ4n) is 2.64. The molecule has 3 rings (SSSR count). The predicted octanol–water partition coefficient (Wildman–Crippen LogP) is 3.03. The van der Waals surface area contributed by atoms with Crippen molar-refractivity contribution in [1.82, 2.24) is 0 Å². The van der Waals surface area contributed by atoms with Crippen LogP contribution in [0.4, 0.5) is 0 Å². The molecule has 28 heavy (non-hydrogen) atoms. The van der Waals surface area contributed by atoms with Crippen LogP contribution >= 0.6 is 0 Å². The lowest BCUT2D eigenvalue weighted by atomic mass is 10.1. The summed E-state index contributed by atoms with van der Waals surface area (Å²) in [4.78, 5) is 35.5. The van der Waals surface area contributed by atoms with Crippen molar-refractivity contribution in [3.63, 3.8) is 0 Å². The maximum absolute atomic E-state index is 12.5. The summed E-state index contributed by atoms with van der Waals surface area (Å²) in [6, 6.07) is 11.3. The molecule has 7 nitrogen and oxygen atoms in total. The Kier molecular flexibility index (Phi) is 5.44. The van der Waals surface area contributed by atoms with Crippen LogP contribution in [0.1, 0.15) is 33.2 Å². The van der Waals surface area contributed by atoms with Crippen LogP contribution in [0.5, 0.6) is 11.5 Å². The van der Waals surface area contributed by atoms with Gasteiger partial charge < -0.3 is 18.9 Å². The summed E-state index contributed by atoms with van der Waals surface area (Å²) in [5.41, 5.74) is 1.50. The molecule has 1 atom stereocenters. The maximum Gasteiger partial charge on any atom is 0.346 e. The topological polar surface area (TPSA) is 88.1 Å². The second-order valence-corrected chi connectivity index (χ2v) is 5.99. The summed E-state index contributed by atoms with van der Waals surface area (Å²) in [5, 5.41) is 0. The van der Waals surface area contributed by atoms with E-state index in [4.69, 9.17) is 9.47 Å². The molecule has 0 saturated heterocycles. The van der Waals surface area contributed by atoms with Crippen LogP contribution in [-0.2, 0) is 14.3 Å². The molecule has 1 heterocycles. The largest absolute Gasteiger partial charge is 0.479 e. The normalized spacial score (nSPS) is 14.8. The highest BCUT2D eigenvalue weighted by Gasteiger charge is 2.28. The van der Waals surface area contributed by atoms with Crippen molar-refractivity contribution in [3.05, 3.63) is 64.9 Å². The van der Waals surface area contributed by atoms with E-state index in [-0.39, 0.29) is 11.5 Å². The average Bonchev–Trinajstić information content (AvgIpc) is 3.02. The molecule has 0 amide bonds. The summed E-state index contributed by atoms with van der Waals surface area (Å²) >= 11 is 0. The molecule has 1 aliphatic heterocycles. The highest BCUT2D eigenvalue weighted by atomic mass is 16.6. The Morgan fingerprint density at radius 3 is 2.39 bits per heavy atom. The van der Waals surface area contributed by atoms with Crippen LogP contribution < -0.4 is 9.47 Å². The number of ether oxygens (including phenoxy) is 4. The Bertz CT molecular complexity index is 957. The van der Waals surface area contributed by atoms with E-state index in [9.17, 15) is 14.4 Å². The predicted molar refractivity (Wildman–Crippen MR) is 99.3 cm³/mol. The van der Waals surface area contributed by atoms with Gasteiger partial charge in [0, 0.05) is 6.07 Å². The zero-order valence-electron chi connectivity index (χ0n) is 15.6. The fourth-order valence-corrected chi connectivity index (χ4v) is 2.64. The molecule has 0 N–H and O–H groups in total. The van der Waals surface area contributed by atoms with Crippen LogP contribution in [0.3, 0.4) is 0 Å². The van der Waals surface area contributed by atoms with Gasteiger partial charge in [0.25, 0.3) is 0 Å². The number of carbonyl (C=O) groups excluding carboxylic acids is 3. The fraction of sp³-hybridized carbons (Fsp3) is 0.190. The van der Waals surface area contributed by atoms with E-state index >= 15 is 0 Å². The van der Waals surface area contributed by atoms with Gasteiger partial charge in [0.1, 0.15) is 11.5 Å². The van der Waals surface area contributed by atoms with Gasteiger partial charge in [-0.15, -0.1) is 0 Å². The van der Waals surface area contributed by atoms with Crippen LogP contribution in [0.15, 0.2) is 48.2 Å². The van der Waals surface area contributed by atoms with Crippen molar-refractivity contribution < 1.29 is 33.3 Å². The molecule has 2 aromatic rings. The number of hydrogen-bond acceptors (Lipinski definition) is 7. The number of fused-ring (bicyclic) bond motifs is 1. The number of carbonyl (C=O) groups is 3. The first kappa shape index (κ1) is 19.2. The van der Waals surface area contributed by atoms with Gasteiger partial charge in [-0.2, -0.15) is 0 Å². The molecule has 1 unspecified atom stereocenters. The zero-order valence-corrected chi connectivity index (χ0v) is 15.6. The molecule has 0 spiro atoms. The molecular weight excluding hydrogens is 364 g/mol. The average molecular weight is 382 g/mol. The molecule has 1 aliphatic rings. The van der Waals surface area contributed by atoms with Gasteiger partial charge in [-0.1, -0.05) is 12.1 Å². The molecule has 2 aromatic carbocycles. The summed E-state index contributed by atoms with van der Waals surface area (Å²) in [6.07, 6.45) is 0.796. The number of methoxy groups -OCH3 is 2. The molecule has 0 aromatic heterocycles. The number of allylic oxidation sites excluding steroid dienone is 1. The minimum atomic E-state index is -0.788. The van der Waals surface area contributed by atoms with Crippen molar-refractivity contribution in [2.75, 3.05) is 14.2 Å². The third-order valence-electron chi connectivity index (χ3n) is 4.12. The quantitative estimate of drug-likeness (QED) is 0.580. The number of esters is 2. The Morgan fingerprint density at radius 1 is 1.04 bits per heavy atom. The Balaban J connectivity index is 1.78. The lowest BCUT2D eigenvalue weighted by molar-refractivity contribution is -0.147. The highest BCUT2D eigenvalue weighted by Crippen LogP contribution is 2.35. The molecule has 0 bridgehead atoms. The first-order valence-corrected chi connectivity index (χ1v) is 8.44. The van der Waals surface area contributed by atoms with E-state index < -0.39 is 18.0 Å². The minimum absolute atomic E-state index is 0.152. The van der Waals surface area contributed by atoms with Crippen molar-refractivity contribution in [2.24, 2.45) is 0 Å². The first-order chi connectivity index (χ1) is 13.4. The summed E-state index contributed by atoms with van der Waals surface area (Å²) < 4.78 is 20.4. The SMILES string of the molecule is COC(=O)c1ccc(C=C2Oc3cc(OC(C)C(=O)OC)ccc3C2=O)cc1. The number of hydrogen-bond donors (Lipinski definition) is 0. The third-order valence-corrected chi connectivity index (χ3v) is 4.12. The van der Waals surface area contributed by atoms with Crippen LogP contribution in [0.25, 0.3) is 6.08 Å².